The summed E-state index contributed by atoms with van der Waals surface area (Å²) in [5.41, 5.74) is 1.80. The van der Waals surface area contributed by atoms with Gasteiger partial charge in [0.2, 0.25) is 0 Å². The molecule has 0 atom stereocenters. The Bertz CT molecular complexity index is 887. The number of carbonyl (C=O) groups is 3. The molecule has 0 bridgehead atoms. The molecule has 2 heterocycles. The minimum Gasteiger partial charge on any atom is -0.307 e. The first-order valence-corrected chi connectivity index (χ1v) is 7.81. The summed E-state index contributed by atoms with van der Waals surface area (Å²) in [6.45, 7) is 1.84. The lowest BCUT2D eigenvalue weighted by Gasteiger charge is -2.11. The number of anilines is 1. The minimum atomic E-state index is -0.360. The number of pyridine rings is 1. The van der Waals surface area contributed by atoms with E-state index in [1.54, 1.807) is 24.3 Å². The Morgan fingerprint density at radius 3 is 2.58 bits per heavy atom. The standard InChI is InChI=1S/C18H15N3O3/c1-10-3-2-4-15(19-10)20-16(22)11-5-8-13-14(9-11)18(24)21(17(13)23)12-6-7-12/h2-5,8-9,12H,6-7H2,1H3,(H,19,20,22). The number of fused-ring (bicyclic) bond motifs is 1. The monoisotopic (exact) mass is 321 g/mol. The van der Waals surface area contributed by atoms with Crippen LogP contribution in [0.1, 0.15) is 49.6 Å². The number of rotatable bonds is 3. The summed E-state index contributed by atoms with van der Waals surface area (Å²) in [5, 5.41) is 2.70. The molecule has 24 heavy (non-hydrogen) atoms. The Labute approximate surface area is 138 Å². The normalized spacial score (nSPS) is 16.3. The third kappa shape index (κ3) is 2.36. The number of hydrogen-bond acceptors (Lipinski definition) is 4. The highest BCUT2D eigenvalue weighted by molar-refractivity contribution is 6.22. The molecule has 1 aromatic heterocycles. The quantitative estimate of drug-likeness (QED) is 0.880. The fraction of sp³-hybridized carbons (Fsp3) is 0.222. The zero-order chi connectivity index (χ0) is 16.8. The van der Waals surface area contributed by atoms with E-state index in [1.807, 2.05) is 13.0 Å². The number of aryl methyl sites for hydroxylation is 1. The molecule has 6 nitrogen and oxygen atoms in total. The van der Waals surface area contributed by atoms with Crippen molar-refractivity contribution in [1.82, 2.24) is 9.88 Å². The SMILES string of the molecule is Cc1cccc(NC(=O)c2ccc3c(c2)C(=O)N(C2CC2)C3=O)n1. The van der Waals surface area contributed by atoms with Gasteiger partial charge in [0.15, 0.2) is 0 Å². The van der Waals surface area contributed by atoms with E-state index in [0.29, 0.717) is 22.5 Å². The van der Waals surface area contributed by atoms with Crippen molar-refractivity contribution >= 4 is 23.5 Å². The van der Waals surface area contributed by atoms with Crippen LogP contribution in [0, 0.1) is 6.92 Å². The van der Waals surface area contributed by atoms with E-state index in [9.17, 15) is 14.4 Å². The second-order valence-electron chi connectivity index (χ2n) is 6.09. The fourth-order valence-electron chi connectivity index (χ4n) is 2.87. The van der Waals surface area contributed by atoms with Crippen molar-refractivity contribution in [2.45, 2.75) is 25.8 Å². The molecule has 1 fully saturated rings. The van der Waals surface area contributed by atoms with Crippen LogP contribution in [0.3, 0.4) is 0 Å². The van der Waals surface area contributed by atoms with Crippen molar-refractivity contribution in [2.75, 3.05) is 5.32 Å². The first kappa shape index (κ1) is 14.6. The molecule has 1 aliphatic carbocycles. The van der Waals surface area contributed by atoms with Crippen molar-refractivity contribution in [2.24, 2.45) is 0 Å². The molecule has 0 saturated heterocycles. The number of amides is 3. The summed E-state index contributed by atoms with van der Waals surface area (Å²) in [6, 6.07) is 9.96. The van der Waals surface area contributed by atoms with Crippen LogP contribution in [0.2, 0.25) is 0 Å². The number of carbonyl (C=O) groups excluding carboxylic acids is 3. The van der Waals surface area contributed by atoms with Gasteiger partial charge in [0.1, 0.15) is 5.82 Å². The molecule has 0 spiro atoms. The van der Waals surface area contributed by atoms with Crippen LogP contribution in [0.25, 0.3) is 0 Å². The minimum absolute atomic E-state index is 0.0196. The third-order valence-corrected chi connectivity index (χ3v) is 4.22. The van der Waals surface area contributed by atoms with Gasteiger partial charge in [-0.25, -0.2) is 4.98 Å². The van der Waals surface area contributed by atoms with Crippen LogP contribution in [0.5, 0.6) is 0 Å². The first-order chi connectivity index (χ1) is 11.5. The molecule has 1 N–H and O–H groups in total. The average Bonchev–Trinajstić information content (AvgIpc) is 3.35. The zero-order valence-electron chi connectivity index (χ0n) is 13.1. The second-order valence-corrected chi connectivity index (χ2v) is 6.09. The van der Waals surface area contributed by atoms with Gasteiger partial charge in [-0.15, -0.1) is 0 Å². The van der Waals surface area contributed by atoms with E-state index in [0.717, 1.165) is 18.5 Å². The maximum Gasteiger partial charge on any atom is 0.261 e. The summed E-state index contributed by atoms with van der Waals surface area (Å²) < 4.78 is 0. The average molecular weight is 321 g/mol. The summed E-state index contributed by atoms with van der Waals surface area (Å²) in [7, 11) is 0. The van der Waals surface area contributed by atoms with Gasteiger partial charge in [0.25, 0.3) is 17.7 Å². The molecule has 2 aliphatic rings. The summed E-state index contributed by atoms with van der Waals surface area (Å²) in [4.78, 5) is 42.6. The number of aromatic nitrogens is 1. The van der Waals surface area contributed by atoms with Crippen LogP contribution in [-0.2, 0) is 0 Å². The maximum atomic E-state index is 12.4. The van der Waals surface area contributed by atoms with Crippen molar-refractivity contribution in [3.8, 4) is 0 Å². The van der Waals surface area contributed by atoms with E-state index in [-0.39, 0.29) is 23.8 Å². The van der Waals surface area contributed by atoms with Gasteiger partial charge in [0, 0.05) is 17.3 Å². The molecule has 1 aliphatic heterocycles. The van der Waals surface area contributed by atoms with E-state index in [1.165, 1.54) is 11.0 Å². The molecule has 0 radical (unpaired) electrons. The van der Waals surface area contributed by atoms with Crippen LogP contribution in [0.15, 0.2) is 36.4 Å². The maximum absolute atomic E-state index is 12.4. The van der Waals surface area contributed by atoms with Gasteiger partial charge in [-0.1, -0.05) is 6.07 Å². The topological polar surface area (TPSA) is 79.4 Å². The van der Waals surface area contributed by atoms with E-state index >= 15 is 0 Å². The fourth-order valence-corrected chi connectivity index (χ4v) is 2.87. The Kier molecular flexibility index (Phi) is 3.19. The van der Waals surface area contributed by atoms with E-state index < -0.39 is 0 Å². The summed E-state index contributed by atoms with van der Waals surface area (Å²) in [6.07, 6.45) is 1.72. The van der Waals surface area contributed by atoms with Gasteiger partial charge in [-0.2, -0.15) is 0 Å². The largest absolute Gasteiger partial charge is 0.307 e. The van der Waals surface area contributed by atoms with Crippen molar-refractivity contribution in [1.29, 1.82) is 0 Å². The van der Waals surface area contributed by atoms with Crippen LogP contribution < -0.4 is 5.32 Å². The van der Waals surface area contributed by atoms with E-state index in [4.69, 9.17) is 0 Å². The number of nitrogens with zero attached hydrogens (tertiary/aromatic N) is 2. The molecular formula is C18H15N3O3. The van der Waals surface area contributed by atoms with Crippen molar-refractivity contribution in [3.63, 3.8) is 0 Å². The molecule has 1 aromatic carbocycles. The smallest absolute Gasteiger partial charge is 0.261 e. The highest BCUT2D eigenvalue weighted by Gasteiger charge is 2.44. The summed E-state index contributed by atoms with van der Waals surface area (Å²) >= 11 is 0. The number of nitrogens with one attached hydrogen (secondary N) is 1. The molecular weight excluding hydrogens is 306 g/mol. The van der Waals surface area contributed by atoms with Gasteiger partial charge in [0.05, 0.1) is 11.1 Å². The van der Waals surface area contributed by atoms with Crippen molar-refractivity contribution in [3.05, 3.63) is 58.8 Å². The van der Waals surface area contributed by atoms with Gasteiger partial charge < -0.3 is 5.32 Å². The molecule has 4 rings (SSSR count). The predicted molar refractivity (Wildman–Crippen MR) is 86.9 cm³/mol. The lowest BCUT2D eigenvalue weighted by atomic mass is 10.1. The van der Waals surface area contributed by atoms with Gasteiger partial charge in [-0.05, 0) is 50.1 Å². The molecule has 0 unspecified atom stereocenters. The zero-order valence-corrected chi connectivity index (χ0v) is 13.1. The molecule has 120 valence electrons. The van der Waals surface area contributed by atoms with Gasteiger partial charge in [-0.3, -0.25) is 19.3 Å². The first-order valence-electron chi connectivity index (χ1n) is 7.81. The molecule has 2 aromatic rings. The Hall–Kier alpha value is -3.02. The second kappa shape index (κ2) is 5.26. The predicted octanol–water partition coefficient (Wildman–Crippen LogP) is 2.40. The number of imide groups is 1. The molecule has 6 heteroatoms. The Morgan fingerprint density at radius 1 is 1.12 bits per heavy atom. The third-order valence-electron chi connectivity index (χ3n) is 4.22. The van der Waals surface area contributed by atoms with Gasteiger partial charge >= 0.3 is 0 Å². The van der Waals surface area contributed by atoms with Crippen LogP contribution in [0.4, 0.5) is 5.82 Å². The molecule has 1 saturated carbocycles. The molecule has 3 amide bonds. The number of hydrogen-bond donors (Lipinski definition) is 1. The van der Waals surface area contributed by atoms with Crippen LogP contribution >= 0.6 is 0 Å². The van der Waals surface area contributed by atoms with Crippen molar-refractivity contribution < 1.29 is 14.4 Å². The van der Waals surface area contributed by atoms with E-state index in [2.05, 4.69) is 10.3 Å². The highest BCUT2D eigenvalue weighted by Crippen LogP contribution is 2.34. The highest BCUT2D eigenvalue weighted by atomic mass is 16.2. The number of benzene rings is 1. The summed E-state index contributed by atoms with van der Waals surface area (Å²) in [5.74, 6) is -0.478. The lowest BCUT2D eigenvalue weighted by Crippen LogP contribution is -2.31. The lowest BCUT2D eigenvalue weighted by molar-refractivity contribution is 0.0642. The Balaban J connectivity index is 1.61. The Morgan fingerprint density at radius 2 is 1.88 bits per heavy atom. The van der Waals surface area contributed by atoms with Crippen LogP contribution in [-0.4, -0.2) is 33.6 Å².